The number of carbonyl (C=O) groups excluding carboxylic acids is 2. The van der Waals surface area contributed by atoms with Crippen molar-refractivity contribution in [3.8, 4) is 0 Å². The van der Waals surface area contributed by atoms with E-state index in [0.717, 1.165) is 12.0 Å². The molecule has 0 unspecified atom stereocenters. The van der Waals surface area contributed by atoms with E-state index >= 15 is 0 Å². The molecule has 0 aromatic heterocycles. The average molecular weight is 277 g/mol. The fourth-order valence-corrected chi connectivity index (χ4v) is 2.23. The van der Waals surface area contributed by atoms with Gasteiger partial charge in [0.25, 0.3) is 0 Å². The Kier molecular flexibility index (Phi) is 5.12. The van der Waals surface area contributed by atoms with Crippen molar-refractivity contribution in [3.05, 3.63) is 35.9 Å². The molecule has 1 aromatic rings. The van der Waals surface area contributed by atoms with E-state index in [2.05, 4.69) is 5.32 Å². The molecule has 1 aliphatic heterocycles. The first-order chi connectivity index (χ1) is 9.70. The summed E-state index contributed by atoms with van der Waals surface area (Å²) in [5.74, 6) is -0.686. The summed E-state index contributed by atoms with van der Waals surface area (Å²) in [4.78, 5) is 23.8. The number of esters is 1. The lowest BCUT2D eigenvalue weighted by Gasteiger charge is -2.18. The molecular formula is C15H19NO4. The molecule has 0 saturated carbocycles. The normalized spacial score (nSPS) is 19.4. The highest BCUT2D eigenvalue weighted by Crippen LogP contribution is 2.13. The first-order valence-corrected chi connectivity index (χ1v) is 6.74. The van der Waals surface area contributed by atoms with Crippen LogP contribution in [0, 0.1) is 0 Å². The highest BCUT2D eigenvalue weighted by atomic mass is 16.5. The Morgan fingerprint density at radius 1 is 1.40 bits per heavy atom. The van der Waals surface area contributed by atoms with E-state index in [-0.39, 0.29) is 5.91 Å². The number of methoxy groups -OCH3 is 1. The number of amides is 1. The van der Waals surface area contributed by atoms with E-state index in [1.54, 1.807) is 0 Å². The Morgan fingerprint density at radius 2 is 2.15 bits per heavy atom. The number of carbonyl (C=O) groups is 2. The molecule has 1 aromatic carbocycles. The van der Waals surface area contributed by atoms with Crippen molar-refractivity contribution < 1.29 is 19.1 Å². The van der Waals surface area contributed by atoms with Crippen molar-refractivity contribution in [2.75, 3.05) is 13.7 Å². The van der Waals surface area contributed by atoms with Gasteiger partial charge in [0.05, 0.1) is 7.11 Å². The summed E-state index contributed by atoms with van der Waals surface area (Å²) in [6.45, 7) is 0.597. The second-order valence-corrected chi connectivity index (χ2v) is 4.78. The molecule has 1 fully saturated rings. The maximum Gasteiger partial charge on any atom is 0.328 e. The van der Waals surface area contributed by atoms with E-state index in [0.29, 0.717) is 19.4 Å². The van der Waals surface area contributed by atoms with Crippen molar-refractivity contribution >= 4 is 11.9 Å². The van der Waals surface area contributed by atoms with Crippen LogP contribution in [0.4, 0.5) is 0 Å². The molecule has 5 heteroatoms. The molecular weight excluding hydrogens is 258 g/mol. The molecule has 1 saturated heterocycles. The summed E-state index contributed by atoms with van der Waals surface area (Å²) in [6.07, 6.45) is 1.54. The number of rotatable bonds is 5. The first-order valence-electron chi connectivity index (χ1n) is 6.74. The van der Waals surface area contributed by atoms with Gasteiger partial charge >= 0.3 is 5.97 Å². The van der Waals surface area contributed by atoms with Crippen molar-refractivity contribution in [1.82, 2.24) is 5.32 Å². The predicted molar refractivity (Wildman–Crippen MR) is 73.1 cm³/mol. The minimum atomic E-state index is -0.681. The smallest absolute Gasteiger partial charge is 0.328 e. The molecule has 0 spiro atoms. The summed E-state index contributed by atoms with van der Waals surface area (Å²) in [7, 11) is 1.32. The number of hydrogen-bond acceptors (Lipinski definition) is 4. The molecule has 108 valence electrons. The van der Waals surface area contributed by atoms with Crippen LogP contribution in [0.15, 0.2) is 30.3 Å². The number of hydrogen-bond donors (Lipinski definition) is 1. The van der Waals surface area contributed by atoms with Gasteiger partial charge in [0.2, 0.25) is 5.91 Å². The molecule has 1 aliphatic rings. The summed E-state index contributed by atoms with van der Waals surface area (Å²) in [5.41, 5.74) is 0.968. The third-order valence-electron chi connectivity index (χ3n) is 3.31. The van der Waals surface area contributed by atoms with Crippen LogP contribution >= 0.6 is 0 Å². The monoisotopic (exact) mass is 277 g/mol. The van der Waals surface area contributed by atoms with Crippen LogP contribution < -0.4 is 5.32 Å². The molecule has 20 heavy (non-hydrogen) atoms. The van der Waals surface area contributed by atoms with Crippen LogP contribution in [0.3, 0.4) is 0 Å². The minimum absolute atomic E-state index is 0.242. The van der Waals surface area contributed by atoms with E-state index < -0.39 is 18.1 Å². The van der Waals surface area contributed by atoms with Gasteiger partial charge in [-0.15, -0.1) is 0 Å². The van der Waals surface area contributed by atoms with E-state index in [9.17, 15) is 9.59 Å². The molecule has 0 radical (unpaired) electrons. The van der Waals surface area contributed by atoms with Gasteiger partial charge in [-0.2, -0.15) is 0 Å². The van der Waals surface area contributed by atoms with E-state index in [1.165, 1.54) is 7.11 Å². The molecule has 2 atom stereocenters. The average Bonchev–Trinajstić information content (AvgIpc) is 3.01. The summed E-state index contributed by atoms with van der Waals surface area (Å²) >= 11 is 0. The second-order valence-electron chi connectivity index (χ2n) is 4.78. The lowest BCUT2D eigenvalue weighted by molar-refractivity contribution is -0.146. The van der Waals surface area contributed by atoms with Gasteiger partial charge in [0.1, 0.15) is 12.1 Å². The zero-order chi connectivity index (χ0) is 14.4. The molecule has 2 rings (SSSR count). The number of nitrogens with one attached hydrogen (secondary N) is 1. The molecule has 1 heterocycles. The summed E-state index contributed by atoms with van der Waals surface area (Å²) in [6, 6.07) is 8.83. The van der Waals surface area contributed by atoms with Crippen LogP contribution in [0.5, 0.6) is 0 Å². The topological polar surface area (TPSA) is 64.6 Å². The molecule has 0 aliphatic carbocycles. The van der Waals surface area contributed by atoms with Crippen molar-refractivity contribution in [1.29, 1.82) is 0 Å². The summed E-state index contributed by atoms with van der Waals surface area (Å²) < 4.78 is 10.1. The lowest BCUT2D eigenvalue weighted by Crippen LogP contribution is -2.47. The Labute approximate surface area is 118 Å². The Hall–Kier alpha value is -1.88. The van der Waals surface area contributed by atoms with Crippen molar-refractivity contribution in [3.63, 3.8) is 0 Å². The van der Waals surface area contributed by atoms with E-state index in [4.69, 9.17) is 9.47 Å². The third kappa shape index (κ3) is 3.81. The Morgan fingerprint density at radius 3 is 2.75 bits per heavy atom. The lowest BCUT2D eigenvalue weighted by atomic mass is 10.1. The van der Waals surface area contributed by atoms with Gasteiger partial charge in [0.15, 0.2) is 0 Å². The van der Waals surface area contributed by atoms with Crippen LogP contribution in [0.1, 0.15) is 18.4 Å². The highest BCUT2D eigenvalue weighted by molar-refractivity contribution is 5.87. The zero-order valence-corrected chi connectivity index (χ0v) is 11.5. The second kappa shape index (κ2) is 7.05. The van der Waals surface area contributed by atoms with Crippen molar-refractivity contribution in [2.45, 2.75) is 31.4 Å². The highest BCUT2D eigenvalue weighted by Gasteiger charge is 2.28. The Bertz CT molecular complexity index is 454. The number of ether oxygens (including phenoxy) is 2. The van der Waals surface area contributed by atoms with Crippen LogP contribution in [0.2, 0.25) is 0 Å². The van der Waals surface area contributed by atoms with Crippen molar-refractivity contribution in [2.24, 2.45) is 0 Å². The Balaban J connectivity index is 2.00. The van der Waals surface area contributed by atoms with Gasteiger partial charge in [-0.25, -0.2) is 4.79 Å². The van der Waals surface area contributed by atoms with Crippen LogP contribution in [-0.4, -0.2) is 37.7 Å². The maximum atomic E-state index is 12.0. The number of benzene rings is 1. The van der Waals surface area contributed by atoms with Gasteiger partial charge in [-0.3, -0.25) is 4.79 Å². The predicted octanol–water partition coefficient (Wildman–Crippen LogP) is 1.07. The molecule has 1 amide bonds. The fourth-order valence-electron chi connectivity index (χ4n) is 2.23. The largest absolute Gasteiger partial charge is 0.467 e. The first kappa shape index (κ1) is 14.5. The maximum absolute atomic E-state index is 12.0. The molecule has 1 N–H and O–H groups in total. The standard InChI is InChI=1S/C15H19NO4/c1-19-15(18)12(10-11-6-3-2-4-7-11)16-14(17)13-8-5-9-20-13/h2-4,6-7,12-13H,5,8-10H2,1H3,(H,16,17)/t12-,13-/m1/s1. The van der Waals surface area contributed by atoms with Gasteiger partial charge < -0.3 is 14.8 Å². The third-order valence-corrected chi connectivity index (χ3v) is 3.31. The molecule has 5 nitrogen and oxygen atoms in total. The quantitative estimate of drug-likeness (QED) is 0.818. The van der Waals surface area contributed by atoms with Crippen LogP contribution in [0.25, 0.3) is 0 Å². The van der Waals surface area contributed by atoms with Gasteiger partial charge in [-0.1, -0.05) is 30.3 Å². The van der Waals surface area contributed by atoms with Gasteiger partial charge in [-0.05, 0) is 18.4 Å². The van der Waals surface area contributed by atoms with Gasteiger partial charge in [0, 0.05) is 13.0 Å². The van der Waals surface area contributed by atoms with E-state index in [1.807, 2.05) is 30.3 Å². The van der Waals surface area contributed by atoms with Crippen LogP contribution in [-0.2, 0) is 25.5 Å². The SMILES string of the molecule is COC(=O)[C@@H](Cc1ccccc1)NC(=O)[C@H]1CCCO1. The zero-order valence-electron chi connectivity index (χ0n) is 11.5. The minimum Gasteiger partial charge on any atom is -0.467 e. The summed E-state index contributed by atoms with van der Waals surface area (Å²) in [5, 5.41) is 2.72. The fraction of sp³-hybridized carbons (Fsp3) is 0.467. The molecule has 0 bridgehead atoms.